The van der Waals surface area contributed by atoms with Crippen LogP contribution >= 0.6 is 0 Å². The van der Waals surface area contributed by atoms with Gasteiger partial charge in [0.15, 0.2) is 5.71 Å². The van der Waals surface area contributed by atoms with Crippen LogP contribution in [0.4, 0.5) is 0 Å². The molecule has 2 N–H and O–H groups in total. The first kappa shape index (κ1) is 15.3. The lowest BCUT2D eigenvalue weighted by Crippen LogP contribution is -2.45. The number of aliphatic hydroxyl groups excluding tert-OH is 1. The number of hydrogen-bond donors (Lipinski definition) is 2. The van der Waals surface area contributed by atoms with E-state index in [4.69, 9.17) is 5.11 Å². The first-order valence-electron chi connectivity index (χ1n) is 6.15. The maximum Gasteiger partial charge on any atom is 0.355 e. The highest BCUT2D eigenvalue weighted by Gasteiger charge is 2.27. The molecule has 106 valence electrons. The van der Waals surface area contributed by atoms with Gasteiger partial charge in [-0.15, -0.1) is 0 Å². The minimum Gasteiger partial charge on any atom is -0.476 e. The highest BCUT2D eigenvalue weighted by Crippen LogP contribution is 2.16. The molecule has 0 radical (unpaired) electrons. The standard InChI is InChI=1S/C12H19N3O4/c1-13-8(11(14-2)12(18)19)6-7-15-9(16)4-3-5-10(15)17/h9,16H,3-7H2,1-2H3,(H,18,19). The summed E-state index contributed by atoms with van der Waals surface area (Å²) in [6.45, 7) is 0.249. The van der Waals surface area contributed by atoms with Gasteiger partial charge in [0.05, 0.1) is 5.71 Å². The Morgan fingerprint density at radius 2 is 2.11 bits per heavy atom. The Hall–Kier alpha value is -1.76. The second-order valence-electron chi connectivity index (χ2n) is 4.26. The smallest absolute Gasteiger partial charge is 0.355 e. The predicted octanol–water partition coefficient (Wildman–Crippen LogP) is -0.0664. The zero-order valence-electron chi connectivity index (χ0n) is 11.2. The number of amides is 1. The van der Waals surface area contributed by atoms with Gasteiger partial charge in [-0.1, -0.05) is 0 Å². The van der Waals surface area contributed by atoms with Crippen molar-refractivity contribution in [2.24, 2.45) is 9.98 Å². The van der Waals surface area contributed by atoms with E-state index in [1.807, 2.05) is 0 Å². The molecule has 1 amide bonds. The summed E-state index contributed by atoms with van der Waals surface area (Å²) in [5.74, 6) is -1.26. The molecular weight excluding hydrogens is 250 g/mol. The van der Waals surface area contributed by atoms with Crippen LogP contribution in [0.5, 0.6) is 0 Å². The number of carboxylic acids is 1. The Balaban J connectivity index is 2.68. The minimum atomic E-state index is -1.14. The van der Waals surface area contributed by atoms with E-state index in [2.05, 4.69) is 9.98 Å². The Morgan fingerprint density at radius 1 is 1.42 bits per heavy atom. The van der Waals surface area contributed by atoms with Gasteiger partial charge in [0, 0.05) is 33.5 Å². The van der Waals surface area contributed by atoms with Gasteiger partial charge in [0.25, 0.3) is 0 Å². The average Bonchev–Trinajstić information content (AvgIpc) is 2.36. The lowest BCUT2D eigenvalue weighted by atomic mass is 10.1. The number of piperidine rings is 1. The second-order valence-corrected chi connectivity index (χ2v) is 4.26. The fourth-order valence-corrected chi connectivity index (χ4v) is 2.09. The molecule has 19 heavy (non-hydrogen) atoms. The third-order valence-electron chi connectivity index (χ3n) is 3.09. The van der Waals surface area contributed by atoms with E-state index in [1.54, 1.807) is 0 Å². The summed E-state index contributed by atoms with van der Waals surface area (Å²) in [5.41, 5.74) is 0.210. The Kier molecular flexibility index (Phi) is 5.62. The molecule has 1 aliphatic rings. The number of aliphatic carboxylic acids is 1. The third kappa shape index (κ3) is 3.85. The molecule has 1 unspecified atom stereocenters. The van der Waals surface area contributed by atoms with Gasteiger partial charge in [-0.05, 0) is 12.8 Å². The molecule has 7 nitrogen and oxygen atoms in total. The van der Waals surface area contributed by atoms with Crippen LogP contribution in [0.2, 0.25) is 0 Å². The van der Waals surface area contributed by atoms with Gasteiger partial charge in [0.1, 0.15) is 6.23 Å². The van der Waals surface area contributed by atoms with E-state index in [9.17, 15) is 14.7 Å². The molecule has 0 aromatic heterocycles. The van der Waals surface area contributed by atoms with Crippen molar-refractivity contribution in [3.8, 4) is 0 Å². The Bertz CT molecular complexity index is 417. The van der Waals surface area contributed by atoms with E-state index in [0.29, 0.717) is 25.0 Å². The van der Waals surface area contributed by atoms with E-state index in [0.717, 1.165) is 0 Å². The minimum absolute atomic E-state index is 0.110. The summed E-state index contributed by atoms with van der Waals surface area (Å²) in [5, 5.41) is 18.7. The Labute approximate surface area is 111 Å². The molecule has 0 bridgehead atoms. The molecule has 0 aliphatic carbocycles. The van der Waals surface area contributed by atoms with E-state index < -0.39 is 12.2 Å². The first-order valence-corrected chi connectivity index (χ1v) is 6.15. The quantitative estimate of drug-likeness (QED) is 0.682. The van der Waals surface area contributed by atoms with Crippen molar-refractivity contribution in [3.63, 3.8) is 0 Å². The second kappa shape index (κ2) is 6.98. The lowest BCUT2D eigenvalue weighted by molar-refractivity contribution is -0.146. The number of hydrogen-bond acceptors (Lipinski definition) is 5. The van der Waals surface area contributed by atoms with Crippen LogP contribution in [0.3, 0.4) is 0 Å². The van der Waals surface area contributed by atoms with Gasteiger partial charge in [-0.3, -0.25) is 14.8 Å². The molecule has 1 heterocycles. The van der Waals surface area contributed by atoms with Crippen molar-refractivity contribution in [2.75, 3.05) is 20.6 Å². The number of aliphatic hydroxyl groups is 1. The molecule has 1 atom stereocenters. The van der Waals surface area contributed by atoms with Crippen LogP contribution < -0.4 is 0 Å². The summed E-state index contributed by atoms with van der Waals surface area (Å²) in [7, 11) is 2.87. The maximum atomic E-state index is 11.7. The lowest BCUT2D eigenvalue weighted by Gasteiger charge is -2.32. The molecule has 7 heteroatoms. The normalized spacial score (nSPS) is 21.7. The number of rotatable bonds is 5. The van der Waals surface area contributed by atoms with Crippen LogP contribution in [-0.2, 0) is 9.59 Å². The van der Waals surface area contributed by atoms with Crippen LogP contribution in [0.15, 0.2) is 9.98 Å². The molecular formula is C12H19N3O4. The molecule has 0 spiro atoms. The number of carbonyl (C=O) groups excluding carboxylic acids is 1. The number of carbonyl (C=O) groups is 2. The molecule has 1 fully saturated rings. The number of carboxylic acid groups (broad SMARTS) is 1. The molecule has 0 aromatic carbocycles. The summed E-state index contributed by atoms with van der Waals surface area (Å²) in [6, 6.07) is 0. The zero-order chi connectivity index (χ0) is 14.4. The van der Waals surface area contributed by atoms with Crippen LogP contribution in [0.25, 0.3) is 0 Å². The molecule has 1 saturated heterocycles. The van der Waals surface area contributed by atoms with Crippen molar-refractivity contribution in [3.05, 3.63) is 0 Å². The summed E-state index contributed by atoms with van der Waals surface area (Å²) < 4.78 is 0. The van der Waals surface area contributed by atoms with E-state index >= 15 is 0 Å². The number of aliphatic imine (C=N–C) groups is 2. The van der Waals surface area contributed by atoms with Crippen LogP contribution in [0, 0.1) is 0 Å². The van der Waals surface area contributed by atoms with Crippen molar-refractivity contribution < 1.29 is 19.8 Å². The van der Waals surface area contributed by atoms with Crippen LogP contribution in [0.1, 0.15) is 25.7 Å². The highest BCUT2D eigenvalue weighted by molar-refractivity contribution is 6.65. The number of nitrogens with zero attached hydrogens (tertiary/aromatic N) is 3. The molecule has 1 rings (SSSR count). The van der Waals surface area contributed by atoms with Crippen molar-refractivity contribution in [1.29, 1.82) is 0 Å². The van der Waals surface area contributed by atoms with Gasteiger partial charge in [-0.25, -0.2) is 4.79 Å². The Morgan fingerprint density at radius 3 is 2.58 bits per heavy atom. The van der Waals surface area contributed by atoms with Crippen molar-refractivity contribution in [1.82, 2.24) is 4.90 Å². The van der Waals surface area contributed by atoms with Gasteiger partial charge >= 0.3 is 5.97 Å². The van der Waals surface area contributed by atoms with Gasteiger partial charge in [0.2, 0.25) is 5.91 Å². The van der Waals surface area contributed by atoms with Crippen LogP contribution in [-0.4, -0.2) is 65.3 Å². The van der Waals surface area contributed by atoms with E-state index in [1.165, 1.54) is 19.0 Å². The summed E-state index contributed by atoms with van der Waals surface area (Å²) in [6.07, 6.45) is 1.13. The third-order valence-corrected chi connectivity index (χ3v) is 3.09. The van der Waals surface area contributed by atoms with Gasteiger partial charge in [-0.2, -0.15) is 0 Å². The summed E-state index contributed by atoms with van der Waals surface area (Å²) >= 11 is 0. The fourth-order valence-electron chi connectivity index (χ4n) is 2.09. The zero-order valence-corrected chi connectivity index (χ0v) is 11.2. The first-order chi connectivity index (χ1) is 9.01. The largest absolute Gasteiger partial charge is 0.476 e. The molecule has 1 aliphatic heterocycles. The predicted molar refractivity (Wildman–Crippen MR) is 70.5 cm³/mol. The SMILES string of the molecule is CN=C(CCN1C(=O)CCCC1O)C(=NC)C(=O)O. The monoisotopic (exact) mass is 269 g/mol. The highest BCUT2D eigenvalue weighted by atomic mass is 16.4. The molecule has 0 aromatic rings. The maximum absolute atomic E-state index is 11.7. The molecule has 0 saturated carbocycles. The topological polar surface area (TPSA) is 103 Å². The van der Waals surface area contributed by atoms with E-state index in [-0.39, 0.29) is 24.6 Å². The average molecular weight is 269 g/mol. The fraction of sp³-hybridized carbons (Fsp3) is 0.667. The number of likely N-dealkylation sites (tertiary alicyclic amines) is 1. The van der Waals surface area contributed by atoms with Crippen molar-refractivity contribution >= 4 is 23.3 Å². The van der Waals surface area contributed by atoms with Gasteiger partial charge < -0.3 is 15.1 Å². The van der Waals surface area contributed by atoms with Crippen molar-refractivity contribution in [2.45, 2.75) is 31.9 Å². The summed E-state index contributed by atoms with van der Waals surface area (Å²) in [4.78, 5) is 31.6.